The van der Waals surface area contributed by atoms with Crippen molar-refractivity contribution in [1.82, 2.24) is 14.9 Å². The molecule has 0 aliphatic heterocycles. The average Bonchev–Trinajstić information content (AvgIpc) is 2.69. The van der Waals surface area contributed by atoms with Gasteiger partial charge in [0.1, 0.15) is 11.0 Å². The van der Waals surface area contributed by atoms with Crippen LogP contribution in [0.3, 0.4) is 0 Å². The van der Waals surface area contributed by atoms with E-state index in [4.69, 9.17) is 5.11 Å². The van der Waals surface area contributed by atoms with Gasteiger partial charge in [-0.3, -0.25) is 5.32 Å². The molecule has 0 saturated heterocycles. The molecule has 8 heteroatoms. The fourth-order valence-electron chi connectivity index (χ4n) is 1.07. The van der Waals surface area contributed by atoms with Crippen LogP contribution in [-0.2, 0) is 4.79 Å². The molecule has 1 rings (SSSR count). The number of nitrogens with zero attached hydrogens (tertiary/aromatic N) is 2. The monoisotopic (exact) mass is 244 g/mol. The van der Waals surface area contributed by atoms with Crippen molar-refractivity contribution < 1.29 is 14.7 Å². The fourth-order valence-corrected chi connectivity index (χ4v) is 1.49. The summed E-state index contributed by atoms with van der Waals surface area (Å²) in [5, 5.41) is 17.6. The molecule has 1 atom stereocenters. The normalized spacial score (nSPS) is 11.8. The van der Waals surface area contributed by atoms with E-state index in [2.05, 4.69) is 20.2 Å². The molecule has 16 heavy (non-hydrogen) atoms. The molecule has 0 unspecified atom stereocenters. The first-order valence-corrected chi connectivity index (χ1v) is 5.48. The van der Waals surface area contributed by atoms with Crippen LogP contribution >= 0.6 is 11.5 Å². The van der Waals surface area contributed by atoms with E-state index in [1.807, 2.05) is 6.92 Å². The van der Waals surface area contributed by atoms with Gasteiger partial charge in [-0.05, 0) is 6.42 Å². The Bertz CT molecular complexity index is 354. The standard InChI is InChI=1S/C8H12N4O3S/c1-2-3-5(7(13)14)10-8(15)11-6-4-9-12-16-6/h4-5H,2-3H2,1H3,(H,13,14)(H2,10,11,15)/t5-/m0/s1. The molecule has 0 aliphatic rings. The molecule has 3 N–H and O–H groups in total. The van der Waals surface area contributed by atoms with Crippen LogP contribution in [0.4, 0.5) is 9.80 Å². The lowest BCUT2D eigenvalue weighted by molar-refractivity contribution is -0.139. The van der Waals surface area contributed by atoms with Crippen molar-refractivity contribution in [3.05, 3.63) is 6.20 Å². The van der Waals surface area contributed by atoms with E-state index < -0.39 is 18.0 Å². The number of carbonyl (C=O) groups is 2. The van der Waals surface area contributed by atoms with Crippen molar-refractivity contribution >= 4 is 28.5 Å². The number of aromatic nitrogens is 2. The fraction of sp³-hybridized carbons (Fsp3) is 0.500. The topological polar surface area (TPSA) is 104 Å². The van der Waals surface area contributed by atoms with Gasteiger partial charge in [0, 0.05) is 11.5 Å². The minimum Gasteiger partial charge on any atom is -0.480 e. The summed E-state index contributed by atoms with van der Waals surface area (Å²) in [5.74, 6) is -1.04. The van der Waals surface area contributed by atoms with Crippen LogP contribution in [0.15, 0.2) is 6.20 Å². The molecule has 0 aliphatic carbocycles. The molecular weight excluding hydrogens is 232 g/mol. The summed E-state index contributed by atoms with van der Waals surface area (Å²) in [6.07, 6.45) is 2.46. The maximum absolute atomic E-state index is 11.4. The molecule has 0 saturated carbocycles. The molecule has 2 amide bonds. The van der Waals surface area contributed by atoms with Crippen LogP contribution in [0.5, 0.6) is 0 Å². The molecule has 1 heterocycles. The Hall–Kier alpha value is -1.70. The smallest absolute Gasteiger partial charge is 0.326 e. The van der Waals surface area contributed by atoms with Crippen molar-refractivity contribution in [3.63, 3.8) is 0 Å². The summed E-state index contributed by atoms with van der Waals surface area (Å²) < 4.78 is 3.56. The number of rotatable bonds is 5. The first kappa shape index (κ1) is 12.4. The lowest BCUT2D eigenvalue weighted by atomic mass is 10.2. The molecule has 0 fully saturated rings. The SMILES string of the molecule is CCC[C@H](NC(=O)Nc1cnns1)C(=O)O. The highest BCUT2D eigenvalue weighted by atomic mass is 32.1. The minimum absolute atomic E-state index is 0.393. The van der Waals surface area contributed by atoms with Gasteiger partial charge in [-0.15, -0.1) is 5.10 Å². The molecule has 0 aromatic carbocycles. The molecular formula is C8H12N4O3S. The Morgan fingerprint density at radius 1 is 1.62 bits per heavy atom. The van der Waals surface area contributed by atoms with E-state index in [1.54, 1.807) is 0 Å². The summed E-state index contributed by atoms with van der Waals surface area (Å²) in [6.45, 7) is 1.85. The van der Waals surface area contributed by atoms with E-state index in [0.29, 0.717) is 17.8 Å². The van der Waals surface area contributed by atoms with Gasteiger partial charge in [0.2, 0.25) is 0 Å². The highest BCUT2D eigenvalue weighted by molar-refractivity contribution is 7.10. The van der Waals surface area contributed by atoms with Crippen LogP contribution in [0.25, 0.3) is 0 Å². The van der Waals surface area contributed by atoms with Crippen LogP contribution in [0, 0.1) is 0 Å². The zero-order valence-corrected chi connectivity index (χ0v) is 9.45. The number of aliphatic carboxylic acids is 1. The average molecular weight is 244 g/mol. The molecule has 0 bridgehead atoms. The number of hydrogen-bond donors (Lipinski definition) is 3. The Morgan fingerprint density at radius 2 is 2.38 bits per heavy atom. The highest BCUT2D eigenvalue weighted by Crippen LogP contribution is 2.08. The second kappa shape index (κ2) is 6.01. The molecule has 7 nitrogen and oxygen atoms in total. The van der Waals surface area contributed by atoms with Gasteiger partial charge in [-0.1, -0.05) is 17.8 Å². The Balaban J connectivity index is 2.45. The lowest BCUT2D eigenvalue weighted by Crippen LogP contribution is -2.42. The van der Waals surface area contributed by atoms with Crippen molar-refractivity contribution in [2.75, 3.05) is 5.32 Å². The number of amides is 2. The second-order valence-electron chi connectivity index (χ2n) is 3.06. The van der Waals surface area contributed by atoms with E-state index >= 15 is 0 Å². The van der Waals surface area contributed by atoms with Gasteiger partial charge in [-0.25, -0.2) is 9.59 Å². The lowest BCUT2D eigenvalue weighted by Gasteiger charge is -2.13. The Morgan fingerprint density at radius 3 is 2.88 bits per heavy atom. The third-order valence-electron chi connectivity index (χ3n) is 1.78. The number of anilines is 1. The van der Waals surface area contributed by atoms with Crippen LogP contribution in [-0.4, -0.2) is 32.7 Å². The summed E-state index contributed by atoms with van der Waals surface area (Å²) in [6, 6.07) is -1.43. The third kappa shape index (κ3) is 3.81. The van der Waals surface area contributed by atoms with Gasteiger partial charge >= 0.3 is 12.0 Å². The van der Waals surface area contributed by atoms with Gasteiger partial charge < -0.3 is 10.4 Å². The number of carboxylic acids is 1. The van der Waals surface area contributed by atoms with Gasteiger partial charge in [0.05, 0.1) is 6.20 Å². The van der Waals surface area contributed by atoms with E-state index in [1.165, 1.54) is 6.20 Å². The van der Waals surface area contributed by atoms with Crippen molar-refractivity contribution in [2.24, 2.45) is 0 Å². The van der Waals surface area contributed by atoms with Crippen LogP contribution in [0.1, 0.15) is 19.8 Å². The molecule has 1 aromatic heterocycles. The summed E-state index contributed by atoms with van der Waals surface area (Å²) in [7, 11) is 0. The zero-order valence-electron chi connectivity index (χ0n) is 8.64. The Kier molecular flexibility index (Phi) is 4.65. The van der Waals surface area contributed by atoms with Gasteiger partial charge in [0.25, 0.3) is 0 Å². The third-order valence-corrected chi connectivity index (χ3v) is 2.36. The van der Waals surface area contributed by atoms with E-state index in [-0.39, 0.29) is 0 Å². The maximum atomic E-state index is 11.4. The van der Waals surface area contributed by atoms with E-state index in [0.717, 1.165) is 11.5 Å². The molecule has 0 radical (unpaired) electrons. The highest BCUT2D eigenvalue weighted by Gasteiger charge is 2.18. The summed E-state index contributed by atoms with van der Waals surface area (Å²) in [4.78, 5) is 22.1. The first-order valence-electron chi connectivity index (χ1n) is 4.71. The van der Waals surface area contributed by atoms with Crippen LogP contribution in [0.2, 0.25) is 0 Å². The van der Waals surface area contributed by atoms with E-state index in [9.17, 15) is 9.59 Å². The summed E-state index contributed by atoms with van der Waals surface area (Å²) >= 11 is 1.02. The number of carbonyl (C=O) groups excluding carboxylic acids is 1. The van der Waals surface area contributed by atoms with Crippen LogP contribution < -0.4 is 10.6 Å². The molecule has 1 aromatic rings. The quantitative estimate of drug-likeness (QED) is 0.714. The van der Waals surface area contributed by atoms with Gasteiger partial charge in [0.15, 0.2) is 0 Å². The largest absolute Gasteiger partial charge is 0.480 e. The van der Waals surface area contributed by atoms with Crippen molar-refractivity contribution in [2.45, 2.75) is 25.8 Å². The minimum atomic E-state index is -1.04. The maximum Gasteiger partial charge on any atom is 0.326 e. The zero-order chi connectivity index (χ0) is 12.0. The predicted molar refractivity (Wildman–Crippen MR) is 58.4 cm³/mol. The van der Waals surface area contributed by atoms with Gasteiger partial charge in [-0.2, -0.15) is 0 Å². The number of urea groups is 1. The van der Waals surface area contributed by atoms with Crippen molar-refractivity contribution in [3.8, 4) is 0 Å². The Labute approximate surface area is 96.0 Å². The summed E-state index contributed by atoms with van der Waals surface area (Å²) in [5.41, 5.74) is 0. The second-order valence-corrected chi connectivity index (χ2v) is 3.85. The molecule has 0 spiro atoms. The number of carboxylic acid groups (broad SMARTS) is 1. The number of hydrogen-bond acceptors (Lipinski definition) is 5. The predicted octanol–water partition coefficient (Wildman–Crippen LogP) is 0.913. The molecule has 88 valence electrons. The number of nitrogens with one attached hydrogen (secondary N) is 2. The first-order chi connectivity index (χ1) is 7.63. The van der Waals surface area contributed by atoms with Crippen molar-refractivity contribution in [1.29, 1.82) is 0 Å².